The molecule has 0 amide bonds. The quantitative estimate of drug-likeness (QED) is 0.700. The number of hydrogen-bond acceptors (Lipinski definition) is 3. The molecule has 136 valence electrons. The second-order valence-corrected chi connectivity index (χ2v) is 8.33. The van der Waals surface area contributed by atoms with Crippen LogP contribution in [0.15, 0.2) is 65.6 Å². The molecule has 1 N–H and O–H groups in total. The highest BCUT2D eigenvalue weighted by molar-refractivity contribution is 7.92. The third-order valence-corrected chi connectivity index (χ3v) is 5.74. The van der Waals surface area contributed by atoms with Crippen LogP contribution >= 0.6 is 0 Å². The molecule has 0 spiro atoms. The number of nitrogens with zero attached hydrogens (tertiary/aromatic N) is 1. The number of aryl methyl sites for hydroxylation is 3. The highest BCUT2D eigenvalue weighted by Crippen LogP contribution is 2.28. The van der Waals surface area contributed by atoms with Crippen molar-refractivity contribution in [3.8, 4) is 17.2 Å². The minimum Gasteiger partial charge on any atom is -0.280 e. The molecule has 0 atom stereocenters. The summed E-state index contributed by atoms with van der Waals surface area (Å²) in [6, 6.07) is 20.1. The van der Waals surface area contributed by atoms with Crippen LogP contribution in [0.5, 0.6) is 0 Å². The zero-order valence-electron chi connectivity index (χ0n) is 15.4. The smallest absolute Gasteiger partial charge is 0.261 e. The van der Waals surface area contributed by atoms with Gasteiger partial charge in [-0.2, -0.15) is 5.26 Å². The summed E-state index contributed by atoms with van der Waals surface area (Å²) in [5.74, 6) is 0. The molecule has 3 aromatic rings. The molecule has 0 unspecified atom stereocenters. The van der Waals surface area contributed by atoms with Crippen LogP contribution in [0.4, 0.5) is 5.69 Å². The minimum absolute atomic E-state index is 0.227. The molecule has 0 aromatic heterocycles. The monoisotopic (exact) mass is 376 g/mol. The number of nitrogens with one attached hydrogen (secondary N) is 1. The molecule has 0 heterocycles. The average molecular weight is 376 g/mol. The number of sulfonamides is 1. The van der Waals surface area contributed by atoms with Crippen molar-refractivity contribution in [3.63, 3.8) is 0 Å². The molecule has 0 saturated carbocycles. The molecule has 4 nitrogen and oxygen atoms in total. The van der Waals surface area contributed by atoms with E-state index in [0.717, 1.165) is 27.8 Å². The molecule has 5 heteroatoms. The van der Waals surface area contributed by atoms with Gasteiger partial charge in [-0.15, -0.1) is 0 Å². The van der Waals surface area contributed by atoms with E-state index >= 15 is 0 Å². The fourth-order valence-electron chi connectivity index (χ4n) is 2.91. The molecule has 0 radical (unpaired) electrons. The van der Waals surface area contributed by atoms with Gasteiger partial charge in [-0.1, -0.05) is 35.9 Å². The maximum Gasteiger partial charge on any atom is 0.261 e. The van der Waals surface area contributed by atoms with Gasteiger partial charge >= 0.3 is 0 Å². The van der Waals surface area contributed by atoms with E-state index in [9.17, 15) is 8.42 Å². The fourth-order valence-corrected chi connectivity index (χ4v) is 3.95. The molecular weight excluding hydrogens is 356 g/mol. The Kier molecular flexibility index (Phi) is 5.02. The van der Waals surface area contributed by atoms with Crippen molar-refractivity contribution in [2.75, 3.05) is 4.72 Å². The first-order valence-electron chi connectivity index (χ1n) is 8.51. The maximum absolute atomic E-state index is 12.7. The highest BCUT2D eigenvalue weighted by Gasteiger charge is 2.15. The summed E-state index contributed by atoms with van der Waals surface area (Å²) in [5.41, 5.74) is 5.80. The van der Waals surface area contributed by atoms with Crippen LogP contribution in [0.2, 0.25) is 0 Å². The Labute approximate surface area is 160 Å². The first kappa shape index (κ1) is 18.7. The van der Waals surface area contributed by atoms with Gasteiger partial charge in [-0.25, -0.2) is 8.42 Å². The predicted octanol–water partition coefficient (Wildman–Crippen LogP) is 4.95. The Balaban J connectivity index is 1.97. The summed E-state index contributed by atoms with van der Waals surface area (Å²) in [4.78, 5) is 0.227. The summed E-state index contributed by atoms with van der Waals surface area (Å²) >= 11 is 0. The Morgan fingerprint density at radius 2 is 1.52 bits per heavy atom. The van der Waals surface area contributed by atoms with Gasteiger partial charge in [0.2, 0.25) is 0 Å². The van der Waals surface area contributed by atoms with E-state index in [4.69, 9.17) is 5.26 Å². The van der Waals surface area contributed by atoms with Crippen LogP contribution in [-0.2, 0) is 10.0 Å². The molecule has 0 fully saturated rings. The van der Waals surface area contributed by atoms with Crippen molar-refractivity contribution in [1.82, 2.24) is 0 Å². The van der Waals surface area contributed by atoms with E-state index < -0.39 is 10.0 Å². The van der Waals surface area contributed by atoms with Gasteiger partial charge in [-0.05, 0) is 73.4 Å². The Bertz CT molecular complexity index is 1140. The number of nitriles is 1. The summed E-state index contributed by atoms with van der Waals surface area (Å²) in [6.07, 6.45) is 0. The van der Waals surface area contributed by atoms with Crippen molar-refractivity contribution < 1.29 is 8.42 Å². The van der Waals surface area contributed by atoms with Crippen molar-refractivity contribution in [1.29, 1.82) is 5.26 Å². The van der Waals surface area contributed by atoms with Crippen LogP contribution in [0.3, 0.4) is 0 Å². The second-order valence-electron chi connectivity index (χ2n) is 6.65. The van der Waals surface area contributed by atoms with E-state index in [0.29, 0.717) is 11.3 Å². The predicted molar refractivity (Wildman–Crippen MR) is 108 cm³/mol. The van der Waals surface area contributed by atoms with Crippen LogP contribution in [0, 0.1) is 32.1 Å². The Morgan fingerprint density at radius 3 is 2.15 bits per heavy atom. The van der Waals surface area contributed by atoms with Crippen molar-refractivity contribution in [2.45, 2.75) is 25.7 Å². The summed E-state index contributed by atoms with van der Waals surface area (Å²) in [6.45, 7) is 5.72. The molecule has 0 saturated heterocycles. The molecular formula is C22H20N2O2S. The van der Waals surface area contributed by atoms with Gasteiger partial charge in [0, 0.05) is 5.69 Å². The topological polar surface area (TPSA) is 70.0 Å². The summed E-state index contributed by atoms with van der Waals surface area (Å²) in [5, 5.41) is 9.09. The molecule has 0 aliphatic rings. The summed E-state index contributed by atoms with van der Waals surface area (Å²) in [7, 11) is -3.66. The van der Waals surface area contributed by atoms with Crippen LogP contribution in [0.1, 0.15) is 22.3 Å². The van der Waals surface area contributed by atoms with Gasteiger partial charge < -0.3 is 0 Å². The van der Waals surface area contributed by atoms with Gasteiger partial charge in [-0.3, -0.25) is 4.72 Å². The van der Waals surface area contributed by atoms with Crippen molar-refractivity contribution in [2.24, 2.45) is 0 Å². The van der Waals surface area contributed by atoms with Crippen LogP contribution in [-0.4, -0.2) is 8.42 Å². The minimum atomic E-state index is -3.66. The molecule has 3 aromatic carbocycles. The van der Waals surface area contributed by atoms with Crippen LogP contribution in [0.25, 0.3) is 11.1 Å². The van der Waals surface area contributed by atoms with Crippen LogP contribution < -0.4 is 4.72 Å². The molecule has 0 aliphatic heterocycles. The Hall–Kier alpha value is -3.10. The third kappa shape index (κ3) is 4.18. The van der Waals surface area contributed by atoms with Crippen molar-refractivity contribution in [3.05, 3.63) is 82.9 Å². The van der Waals surface area contributed by atoms with Gasteiger partial charge in [0.05, 0.1) is 16.5 Å². The number of anilines is 1. The first-order chi connectivity index (χ1) is 12.8. The highest BCUT2D eigenvalue weighted by atomic mass is 32.2. The third-order valence-electron chi connectivity index (χ3n) is 4.34. The number of rotatable bonds is 4. The van der Waals surface area contributed by atoms with Gasteiger partial charge in [0.15, 0.2) is 0 Å². The second kappa shape index (κ2) is 7.26. The zero-order valence-corrected chi connectivity index (χ0v) is 16.3. The molecule has 0 aliphatic carbocycles. The first-order valence-corrected chi connectivity index (χ1v) is 9.99. The lowest BCUT2D eigenvalue weighted by Gasteiger charge is -2.12. The number of benzene rings is 3. The zero-order chi connectivity index (χ0) is 19.6. The molecule has 3 rings (SSSR count). The molecule has 0 bridgehead atoms. The lowest BCUT2D eigenvalue weighted by Crippen LogP contribution is -2.13. The average Bonchev–Trinajstić information content (AvgIpc) is 2.61. The Morgan fingerprint density at radius 1 is 0.815 bits per heavy atom. The maximum atomic E-state index is 12.7. The lowest BCUT2D eigenvalue weighted by atomic mass is 9.98. The van der Waals surface area contributed by atoms with E-state index in [1.165, 1.54) is 0 Å². The molecule has 27 heavy (non-hydrogen) atoms. The van der Waals surface area contributed by atoms with E-state index in [-0.39, 0.29) is 4.90 Å². The number of hydrogen-bond donors (Lipinski definition) is 1. The summed E-state index contributed by atoms with van der Waals surface area (Å²) < 4.78 is 28.0. The SMILES string of the molecule is Cc1ccc(S(=O)(=O)Nc2cc(C)cc(-c3ccc(C#N)c(C)c3)c2)cc1. The standard InChI is InChI=1S/C22H20N2O2S/c1-15-4-8-22(9-5-15)27(25,26)24-21-11-16(2)10-20(13-21)18-6-7-19(14-23)17(3)12-18/h4-13,24H,1-3H3. The lowest BCUT2D eigenvalue weighted by molar-refractivity contribution is 0.601. The van der Waals surface area contributed by atoms with E-state index in [1.54, 1.807) is 42.5 Å². The largest absolute Gasteiger partial charge is 0.280 e. The van der Waals surface area contributed by atoms with E-state index in [1.807, 2.05) is 39.0 Å². The van der Waals surface area contributed by atoms with Crippen molar-refractivity contribution >= 4 is 15.7 Å². The van der Waals surface area contributed by atoms with E-state index in [2.05, 4.69) is 10.8 Å². The fraction of sp³-hybridized carbons (Fsp3) is 0.136. The van der Waals surface area contributed by atoms with Gasteiger partial charge in [0.25, 0.3) is 10.0 Å². The van der Waals surface area contributed by atoms with Gasteiger partial charge in [0.1, 0.15) is 0 Å². The normalized spacial score (nSPS) is 11.0.